The molecule has 2 N–H and O–H groups in total. The summed E-state index contributed by atoms with van der Waals surface area (Å²) >= 11 is 0. The van der Waals surface area contributed by atoms with E-state index in [1.54, 1.807) is 0 Å². The van der Waals surface area contributed by atoms with Gasteiger partial charge in [0.25, 0.3) is 0 Å². The molecule has 3 rings (SSSR count). The van der Waals surface area contributed by atoms with Crippen LogP contribution in [0.25, 0.3) is 0 Å². The summed E-state index contributed by atoms with van der Waals surface area (Å²) < 4.78 is 0. The molecular formula is C22H34O2. The Bertz CT molecular complexity index is 591. The first-order valence-corrected chi connectivity index (χ1v) is 9.46. The summed E-state index contributed by atoms with van der Waals surface area (Å²) in [6.45, 7) is 13.2. The van der Waals surface area contributed by atoms with Gasteiger partial charge in [0.05, 0.1) is 0 Å². The fourth-order valence-electron chi connectivity index (χ4n) is 4.37. The fraction of sp³-hybridized carbons (Fsp3) is 0.727. The Morgan fingerprint density at radius 1 is 1.04 bits per heavy atom. The lowest BCUT2D eigenvalue weighted by atomic mass is 9.77. The van der Waals surface area contributed by atoms with Crippen molar-refractivity contribution in [3.05, 3.63) is 28.8 Å². The summed E-state index contributed by atoms with van der Waals surface area (Å²) in [4.78, 5) is 0. The standard InChI is InChI=1S/C22H34O2/c1-20(2,3)16-10-14(11-17(19(16)24)21(4,5)6)9-15(13-23)18-12-22(18)7-8-22/h10-11,15,18,23-24H,7-9,12-13H2,1-6H3. The van der Waals surface area contributed by atoms with E-state index < -0.39 is 0 Å². The van der Waals surface area contributed by atoms with Crippen molar-refractivity contribution in [3.8, 4) is 5.75 Å². The van der Waals surface area contributed by atoms with Crippen LogP contribution in [0.15, 0.2) is 12.1 Å². The highest BCUT2D eigenvalue weighted by molar-refractivity contribution is 5.50. The normalized spacial score (nSPS) is 23.4. The van der Waals surface area contributed by atoms with Crippen LogP contribution in [0.2, 0.25) is 0 Å². The van der Waals surface area contributed by atoms with Gasteiger partial charge in [0.15, 0.2) is 0 Å². The van der Waals surface area contributed by atoms with Gasteiger partial charge < -0.3 is 10.2 Å². The number of phenols is 1. The molecule has 24 heavy (non-hydrogen) atoms. The first-order valence-electron chi connectivity index (χ1n) is 9.46. The minimum absolute atomic E-state index is 0.0912. The number of benzene rings is 1. The van der Waals surface area contributed by atoms with Crippen molar-refractivity contribution < 1.29 is 10.2 Å². The van der Waals surface area contributed by atoms with Crippen LogP contribution in [-0.2, 0) is 17.3 Å². The van der Waals surface area contributed by atoms with Gasteiger partial charge in [-0.2, -0.15) is 0 Å². The number of aromatic hydroxyl groups is 1. The first kappa shape index (κ1) is 17.8. The van der Waals surface area contributed by atoms with Gasteiger partial charge in [-0.3, -0.25) is 0 Å². The molecular weight excluding hydrogens is 296 g/mol. The third kappa shape index (κ3) is 3.22. The largest absolute Gasteiger partial charge is 0.507 e. The van der Waals surface area contributed by atoms with Crippen LogP contribution >= 0.6 is 0 Å². The lowest BCUT2D eigenvalue weighted by Gasteiger charge is -2.29. The van der Waals surface area contributed by atoms with Crippen molar-refractivity contribution in [2.75, 3.05) is 6.61 Å². The highest BCUT2D eigenvalue weighted by Gasteiger charge is 2.64. The van der Waals surface area contributed by atoms with E-state index in [2.05, 4.69) is 53.7 Å². The second-order valence-corrected chi connectivity index (χ2v) is 10.4. The molecule has 0 amide bonds. The quantitative estimate of drug-likeness (QED) is 0.821. The Labute approximate surface area is 147 Å². The van der Waals surface area contributed by atoms with Crippen molar-refractivity contribution in [1.29, 1.82) is 0 Å². The van der Waals surface area contributed by atoms with Gasteiger partial charge in [0.2, 0.25) is 0 Å². The number of phenolic OH excluding ortho intramolecular Hbond substituents is 1. The molecule has 2 nitrogen and oxygen atoms in total. The second kappa shape index (κ2) is 5.49. The predicted molar refractivity (Wildman–Crippen MR) is 99.6 cm³/mol. The minimum atomic E-state index is -0.0912. The molecule has 0 aliphatic heterocycles. The summed E-state index contributed by atoms with van der Waals surface area (Å²) in [5.41, 5.74) is 3.75. The Kier molecular flexibility index (Phi) is 4.07. The third-order valence-electron chi connectivity index (χ3n) is 6.23. The molecule has 2 saturated carbocycles. The maximum absolute atomic E-state index is 10.8. The molecule has 134 valence electrons. The van der Waals surface area contributed by atoms with Gasteiger partial charge >= 0.3 is 0 Å². The first-order chi connectivity index (χ1) is 11.0. The van der Waals surface area contributed by atoms with Crippen LogP contribution in [0, 0.1) is 17.3 Å². The molecule has 0 radical (unpaired) electrons. The molecule has 0 aromatic heterocycles. The van der Waals surface area contributed by atoms with Gasteiger partial charge in [-0.05, 0) is 70.5 Å². The zero-order valence-electron chi connectivity index (χ0n) is 16.2. The molecule has 2 aliphatic rings. The summed E-state index contributed by atoms with van der Waals surface area (Å²) in [5, 5.41) is 20.8. The Balaban J connectivity index is 1.94. The molecule has 2 atom stereocenters. The highest BCUT2D eigenvalue weighted by Crippen LogP contribution is 2.73. The Morgan fingerprint density at radius 3 is 1.88 bits per heavy atom. The van der Waals surface area contributed by atoms with Crippen molar-refractivity contribution in [2.24, 2.45) is 17.3 Å². The van der Waals surface area contributed by atoms with Crippen molar-refractivity contribution in [3.63, 3.8) is 0 Å². The summed E-state index contributed by atoms with van der Waals surface area (Å²) in [6, 6.07) is 4.35. The summed E-state index contributed by atoms with van der Waals surface area (Å²) in [5.74, 6) is 1.54. The average molecular weight is 331 g/mol. The van der Waals surface area contributed by atoms with Crippen molar-refractivity contribution in [2.45, 2.75) is 78.1 Å². The van der Waals surface area contributed by atoms with E-state index in [1.165, 1.54) is 24.8 Å². The maximum atomic E-state index is 10.8. The van der Waals surface area contributed by atoms with Crippen LogP contribution in [0.1, 0.15) is 77.5 Å². The Hall–Kier alpha value is -1.02. The number of aliphatic hydroxyl groups is 1. The molecule has 2 heteroatoms. The summed E-state index contributed by atoms with van der Waals surface area (Å²) in [6.07, 6.45) is 4.97. The van der Waals surface area contributed by atoms with E-state index in [-0.39, 0.29) is 17.4 Å². The average Bonchev–Trinajstić information content (AvgIpc) is 3.35. The van der Waals surface area contributed by atoms with Gasteiger partial charge in [0, 0.05) is 6.61 Å². The zero-order valence-corrected chi connectivity index (χ0v) is 16.2. The van der Waals surface area contributed by atoms with E-state index in [0.717, 1.165) is 17.5 Å². The zero-order chi connectivity index (χ0) is 17.9. The highest BCUT2D eigenvalue weighted by atomic mass is 16.3. The van der Waals surface area contributed by atoms with E-state index in [4.69, 9.17) is 0 Å². The molecule has 0 heterocycles. The van der Waals surface area contributed by atoms with Crippen molar-refractivity contribution >= 4 is 0 Å². The lowest BCUT2D eigenvalue weighted by molar-refractivity contribution is 0.202. The SMILES string of the molecule is CC(C)(C)c1cc(CC(CO)C2CC23CC3)cc(C(C)(C)C)c1O. The van der Waals surface area contributed by atoms with E-state index >= 15 is 0 Å². The Morgan fingerprint density at radius 2 is 1.54 bits per heavy atom. The number of rotatable bonds is 4. The minimum Gasteiger partial charge on any atom is -0.507 e. The number of hydrogen-bond donors (Lipinski definition) is 2. The van der Waals surface area contributed by atoms with Crippen LogP contribution in [0.5, 0.6) is 5.75 Å². The predicted octanol–water partition coefficient (Wildman–Crippen LogP) is 4.94. The number of hydrogen-bond acceptors (Lipinski definition) is 2. The molecule has 2 aliphatic carbocycles. The molecule has 1 aromatic carbocycles. The molecule has 1 spiro atoms. The third-order valence-corrected chi connectivity index (χ3v) is 6.23. The topological polar surface area (TPSA) is 40.5 Å². The lowest BCUT2D eigenvalue weighted by Crippen LogP contribution is -2.19. The van der Waals surface area contributed by atoms with E-state index in [1.807, 2.05) is 0 Å². The van der Waals surface area contributed by atoms with Crippen LogP contribution in [0.4, 0.5) is 0 Å². The smallest absolute Gasteiger partial charge is 0.123 e. The van der Waals surface area contributed by atoms with Gasteiger partial charge in [-0.15, -0.1) is 0 Å². The van der Waals surface area contributed by atoms with E-state index in [0.29, 0.717) is 23.0 Å². The van der Waals surface area contributed by atoms with Crippen LogP contribution in [0.3, 0.4) is 0 Å². The number of aliphatic hydroxyl groups excluding tert-OH is 1. The molecule has 0 saturated heterocycles. The van der Waals surface area contributed by atoms with Crippen molar-refractivity contribution in [1.82, 2.24) is 0 Å². The molecule has 2 fully saturated rings. The summed E-state index contributed by atoms with van der Waals surface area (Å²) in [7, 11) is 0. The van der Waals surface area contributed by atoms with Gasteiger partial charge in [-0.25, -0.2) is 0 Å². The van der Waals surface area contributed by atoms with Crippen LogP contribution in [-0.4, -0.2) is 16.8 Å². The molecule has 2 unspecified atom stereocenters. The van der Waals surface area contributed by atoms with E-state index in [9.17, 15) is 10.2 Å². The van der Waals surface area contributed by atoms with Gasteiger partial charge in [-0.1, -0.05) is 53.7 Å². The maximum Gasteiger partial charge on any atom is 0.123 e. The van der Waals surface area contributed by atoms with Gasteiger partial charge in [0.1, 0.15) is 5.75 Å². The van der Waals surface area contributed by atoms with Crippen LogP contribution < -0.4 is 0 Å². The molecule has 0 bridgehead atoms. The molecule has 1 aromatic rings. The monoisotopic (exact) mass is 330 g/mol. The second-order valence-electron chi connectivity index (χ2n) is 10.4. The fourth-order valence-corrected chi connectivity index (χ4v) is 4.37.